The van der Waals surface area contributed by atoms with Gasteiger partial charge in [-0.15, -0.1) is 0 Å². The summed E-state index contributed by atoms with van der Waals surface area (Å²) in [7, 11) is -2.91. The first-order valence-electron chi connectivity index (χ1n) is 6.76. The summed E-state index contributed by atoms with van der Waals surface area (Å²) in [5, 5.41) is 3.09. The van der Waals surface area contributed by atoms with Crippen molar-refractivity contribution in [1.82, 2.24) is 5.32 Å². The maximum atomic E-state index is 11.4. The lowest BCUT2D eigenvalue weighted by atomic mass is 10.2. The highest BCUT2D eigenvalue weighted by Crippen LogP contribution is 2.24. The topological polar surface area (TPSA) is 59.3 Å². The first kappa shape index (κ1) is 16.3. The Balaban J connectivity index is 1.89. The Bertz CT molecular complexity index is 694. The Morgan fingerprint density at radius 3 is 2.76 bits per heavy atom. The van der Waals surface area contributed by atoms with Crippen LogP contribution in [0.4, 0.5) is 0 Å². The minimum absolute atomic E-state index is 0.155. The zero-order chi connectivity index (χ0) is 15.3. The fourth-order valence-electron chi connectivity index (χ4n) is 1.85. The highest BCUT2D eigenvalue weighted by atomic mass is 79.9. The molecule has 1 N–H and O–H groups in total. The van der Waals surface area contributed by atoms with E-state index < -0.39 is 9.84 Å². The third-order valence-electron chi connectivity index (χ3n) is 3.10. The third-order valence-corrected chi connectivity index (χ3v) is 5.30. The molecule has 0 radical (unpaired) electrons. The van der Waals surface area contributed by atoms with Gasteiger partial charge in [0.1, 0.15) is 11.5 Å². The van der Waals surface area contributed by atoms with Gasteiger partial charge >= 0.3 is 0 Å². The molecule has 114 valence electrons. The van der Waals surface area contributed by atoms with Crippen molar-refractivity contribution in [1.29, 1.82) is 0 Å². The average Bonchev–Trinajstić information content (AvgIpc) is 2.93. The van der Waals surface area contributed by atoms with Gasteiger partial charge in [0.15, 0.2) is 9.84 Å². The van der Waals surface area contributed by atoms with Crippen molar-refractivity contribution in [2.45, 2.75) is 13.5 Å². The first-order valence-corrected chi connectivity index (χ1v) is 9.37. The summed E-state index contributed by atoms with van der Waals surface area (Å²) >= 11 is 3.43. The summed E-state index contributed by atoms with van der Waals surface area (Å²) in [6, 6.07) is 11.7. The number of hydrogen-bond acceptors (Lipinski definition) is 4. The van der Waals surface area contributed by atoms with E-state index in [9.17, 15) is 8.42 Å². The largest absolute Gasteiger partial charge is 0.460 e. The van der Waals surface area contributed by atoms with Gasteiger partial charge in [0, 0.05) is 22.3 Å². The van der Waals surface area contributed by atoms with Crippen LogP contribution in [0.2, 0.25) is 0 Å². The van der Waals surface area contributed by atoms with Gasteiger partial charge in [-0.05, 0) is 24.3 Å². The van der Waals surface area contributed by atoms with Crippen molar-refractivity contribution in [2.24, 2.45) is 0 Å². The molecule has 0 spiro atoms. The molecule has 0 saturated carbocycles. The second kappa shape index (κ2) is 7.24. The molecule has 1 aromatic carbocycles. The summed E-state index contributed by atoms with van der Waals surface area (Å²) in [5.41, 5.74) is 1.00. The molecule has 2 aromatic rings. The fraction of sp³-hybridized carbons (Fsp3) is 0.333. The molecule has 1 heterocycles. The van der Waals surface area contributed by atoms with E-state index in [4.69, 9.17) is 4.42 Å². The number of sulfone groups is 1. The lowest BCUT2D eigenvalue weighted by Gasteiger charge is -2.03. The minimum Gasteiger partial charge on any atom is -0.460 e. The van der Waals surface area contributed by atoms with Gasteiger partial charge < -0.3 is 9.73 Å². The molecular formula is C15H18BrNO3S. The zero-order valence-electron chi connectivity index (χ0n) is 11.8. The van der Waals surface area contributed by atoms with Crippen molar-refractivity contribution < 1.29 is 12.8 Å². The SMILES string of the molecule is CCS(=O)(=O)CCNCc1ccc(-c2cccc(Br)c2)o1. The predicted octanol–water partition coefficient (Wildman–Crippen LogP) is 3.23. The van der Waals surface area contributed by atoms with Crippen molar-refractivity contribution in [3.8, 4) is 11.3 Å². The van der Waals surface area contributed by atoms with Crippen molar-refractivity contribution in [2.75, 3.05) is 18.1 Å². The van der Waals surface area contributed by atoms with Crippen molar-refractivity contribution in [3.63, 3.8) is 0 Å². The number of hydrogen-bond donors (Lipinski definition) is 1. The monoisotopic (exact) mass is 371 g/mol. The Morgan fingerprint density at radius 1 is 1.24 bits per heavy atom. The van der Waals surface area contributed by atoms with Gasteiger partial charge in [-0.1, -0.05) is 35.0 Å². The average molecular weight is 372 g/mol. The highest BCUT2D eigenvalue weighted by molar-refractivity contribution is 9.10. The van der Waals surface area contributed by atoms with Gasteiger partial charge in [-0.3, -0.25) is 0 Å². The molecule has 6 heteroatoms. The van der Waals surface area contributed by atoms with Crippen LogP contribution in [-0.2, 0) is 16.4 Å². The Hall–Kier alpha value is -1.11. The van der Waals surface area contributed by atoms with E-state index in [1.165, 1.54) is 0 Å². The summed E-state index contributed by atoms with van der Waals surface area (Å²) in [6.07, 6.45) is 0. The van der Waals surface area contributed by atoms with Crippen LogP contribution in [0.15, 0.2) is 45.3 Å². The van der Waals surface area contributed by atoms with Crippen LogP contribution in [0.25, 0.3) is 11.3 Å². The van der Waals surface area contributed by atoms with E-state index in [1.54, 1.807) is 6.92 Å². The van der Waals surface area contributed by atoms with Gasteiger partial charge in [-0.25, -0.2) is 8.42 Å². The third kappa shape index (κ3) is 4.98. The summed E-state index contributed by atoms with van der Waals surface area (Å²) < 4.78 is 29.5. The maximum absolute atomic E-state index is 11.4. The molecule has 1 aromatic heterocycles. The molecule has 0 amide bonds. The zero-order valence-corrected chi connectivity index (χ0v) is 14.2. The number of benzene rings is 1. The van der Waals surface area contributed by atoms with Crippen LogP contribution in [0.1, 0.15) is 12.7 Å². The van der Waals surface area contributed by atoms with Gasteiger partial charge in [-0.2, -0.15) is 0 Å². The van der Waals surface area contributed by atoms with Crippen LogP contribution in [-0.4, -0.2) is 26.5 Å². The van der Waals surface area contributed by atoms with E-state index in [0.717, 1.165) is 21.6 Å². The van der Waals surface area contributed by atoms with E-state index in [-0.39, 0.29) is 11.5 Å². The van der Waals surface area contributed by atoms with Gasteiger partial charge in [0.05, 0.1) is 12.3 Å². The molecule has 0 bridgehead atoms. The highest BCUT2D eigenvalue weighted by Gasteiger charge is 2.08. The van der Waals surface area contributed by atoms with Crippen LogP contribution < -0.4 is 5.32 Å². The number of halogens is 1. The molecule has 2 rings (SSSR count). The molecule has 0 aliphatic rings. The van der Waals surface area contributed by atoms with E-state index >= 15 is 0 Å². The quantitative estimate of drug-likeness (QED) is 0.759. The van der Waals surface area contributed by atoms with E-state index in [0.29, 0.717) is 13.1 Å². The second-order valence-corrected chi connectivity index (χ2v) is 8.08. The number of furan rings is 1. The molecule has 21 heavy (non-hydrogen) atoms. The molecule has 0 unspecified atom stereocenters. The van der Waals surface area contributed by atoms with Crippen molar-refractivity contribution in [3.05, 3.63) is 46.6 Å². The van der Waals surface area contributed by atoms with Crippen LogP contribution >= 0.6 is 15.9 Å². The minimum atomic E-state index is -2.91. The fourth-order valence-corrected chi connectivity index (χ4v) is 3.00. The first-order chi connectivity index (χ1) is 10.00. The molecular weight excluding hydrogens is 354 g/mol. The molecule has 0 atom stereocenters. The van der Waals surface area contributed by atoms with E-state index in [2.05, 4.69) is 21.2 Å². The molecule has 4 nitrogen and oxygen atoms in total. The van der Waals surface area contributed by atoms with Crippen LogP contribution in [0.5, 0.6) is 0 Å². The number of nitrogens with one attached hydrogen (secondary N) is 1. The van der Waals surface area contributed by atoms with Crippen LogP contribution in [0.3, 0.4) is 0 Å². The summed E-state index contributed by atoms with van der Waals surface area (Å²) in [4.78, 5) is 0. The number of rotatable bonds is 7. The molecule has 0 aliphatic heterocycles. The molecule has 0 saturated heterocycles. The van der Waals surface area contributed by atoms with Gasteiger partial charge in [0.2, 0.25) is 0 Å². The van der Waals surface area contributed by atoms with Crippen molar-refractivity contribution >= 4 is 25.8 Å². The summed E-state index contributed by atoms with van der Waals surface area (Å²) in [6.45, 7) is 2.61. The Labute approximate surface area is 133 Å². The Morgan fingerprint density at radius 2 is 2.05 bits per heavy atom. The smallest absolute Gasteiger partial charge is 0.151 e. The second-order valence-electron chi connectivity index (χ2n) is 4.69. The lowest BCUT2D eigenvalue weighted by molar-refractivity contribution is 0.497. The van der Waals surface area contributed by atoms with Crippen LogP contribution in [0, 0.1) is 0 Å². The standard InChI is InChI=1S/C15H18BrNO3S/c1-2-21(18,19)9-8-17-11-14-6-7-15(20-14)12-4-3-5-13(16)10-12/h3-7,10,17H,2,8-9,11H2,1H3. The van der Waals surface area contributed by atoms with E-state index in [1.807, 2.05) is 36.4 Å². The molecule has 0 fully saturated rings. The normalized spacial score (nSPS) is 11.7. The lowest BCUT2D eigenvalue weighted by Crippen LogP contribution is -2.23. The summed E-state index contributed by atoms with van der Waals surface area (Å²) in [5.74, 6) is 1.93. The van der Waals surface area contributed by atoms with Gasteiger partial charge in [0.25, 0.3) is 0 Å². The molecule has 0 aliphatic carbocycles. The maximum Gasteiger partial charge on any atom is 0.151 e. The predicted molar refractivity (Wildman–Crippen MR) is 87.9 cm³/mol. The Kier molecular flexibility index (Phi) is 5.61.